The van der Waals surface area contributed by atoms with Gasteiger partial charge in [-0.15, -0.1) is 0 Å². The maximum Gasteiger partial charge on any atom is 0.490 e. The van der Waals surface area contributed by atoms with Crippen molar-refractivity contribution in [3.05, 3.63) is 16.7 Å². The number of fused-ring (bicyclic) bond motifs is 1. The third kappa shape index (κ3) is 6.12. The van der Waals surface area contributed by atoms with E-state index in [-0.39, 0.29) is 17.1 Å². The molecule has 0 aliphatic carbocycles. The van der Waals surface area contributed by atoms with E-state index in [2.05, 4.69) is 33.4 Å². The first-order valence-corrected chi connectivity index (χ1v) is 13.1. The van der Waals surface area contributed by atoms with E-state index in [0.717, 1.165) is 10.9 Å². The third-order valence-electron chi connectivity index (χ3n) is 4.10. The van der Waals surface area contributed by atoms with Gasteiger partial charge >= 0.3 is 23.5 Å². The molecule has 1 fully saturated rings. The number of rotatable bonds is 9. The quantitative estimate of drug-likeness (QED) is 0.162. The first-order chi connectivity index (χ1) is 15.1. The van der Waals surface area contributed by atoms with E-state index in [1.165, 1.54) is 7.05 Å². The summed E-state index contributed by atoms with van der Waals surface area (Å²) in [6.45, 7) is -0.999. The monoisotopic (exact) mass is 537 g/mol. The Bertz CT molecular complexity index is 1230. The second-order valence-corrected chi connectivity index (χ2v) is 10.8. The molecule has 3 rings (SSSR count). The van der Waals surface area contributed by atoms with E-state index < -0.39 is 60.2 Å². The molecule has 0 bridgehead atoms. The number of aliphatic hydroxyl groups is 2. The van der Waals surface area contributed by atoms with Crippen molar-refractivity contribution in [1.29, 1.82) is 0 Å². The largest absolute Gasteiger partial charge is 0.490 e. The fourth-order valence-corrected chi connectivity index (χ4v) is 5.83. The molecule has 1 aliphatic rings. The number of aliphatic hydroxyl groups excluding tert-OH is 2. The van der Waals surface area contributed by atoms with Crippen molar-refractivity contribution < 1.29 is 61.4 Å². The van der Waals surface area contributed by atoms with Gasteiger partial charge in [-0.05, 0) is 0 Å². The molecule has 8 N–H and O–H groups in total. The zero-order chi connectivity index (χ0) is 24.8. The molecule has 33 heavy (non-hydrogen) atoms. The van der Waals surface area contributed by atoms with Gasteiger partial charge in [-0.2, -0.15) is 13.6 Å². The molecule has 186 valence electrons. The van der Waals surface area contributed by atoms with Crippen LogP contribution in [0.1, 0.15) is 6.23 Å². The van der Waals surface area contributed by atoms with Crippen LogP contribution in [0.25, 0.3) is 11.2 Å². The van der Waals surface area contributed by atoms with Gasteiger partial charge in [0.25, 0.3) is 5.56 Å². The van der Waals surface area contributed by atoms with Crippen LogP contribution >= 0.6 is 23.5 Å². The molecule has 2 aromatic rings. The third-order valence-corrected chi connectivity index (χ3v) is 7.90. The molecular weight excluding hydrogens is 519 g/mol. The highest BCUT2D eigenvalue weighted by atomic mass is 31.3. The lowest BCUT2D eigenvalue weighted by Gasteiger charge is -2.19. The van der Waals surface area contributed by atoms with Crippen LogP contribution in [0.3, 0.4) is 0 Å². The van der Waals surface area contributed by atoms with Gasteiger partial charge in [0.1, 0.15) is 18.3 Å². The lowest BCUT2D eigenvalue weighted by molar-refractivity contribution is -0.0503. The predicted molar refractivity (Wildman–Crippen MR) is 103 cm³/mol. The van der Waals surface area contributed by atoms with Gasteiger partial charge in [0.05, 0.1) is 12.9 Å². The summed E-state index contributed by atoms with van der Waals surface area (Å²) in [6.07, 6.45) is -5.21. The Morgan fingerprint density at radius 1 is 1.15 bits per heavy atom. The number of ether oxygens (including phenoxy) is 1. The number of anilines is 1. The smallest absolute Gasteiger partial charge is 0.387 e. The number of aromatic nitrogens is 4. The molecule has 0 spiro atoms. The number of imidazole rings is 1. The topological polar surface area (TPSA) is 285 Å². The molecule has 1 aliphatic heterocycles. The van der Waals surface area contributed by atoms with Crippen molar-refractivity contribution >= 4 is 40.6 Å². The summed E-state index contributed by atoms with van der Waals surface area (Å²) in [5, 5.41) is 23.1. The normalized spacial score (nSPS) is 27.4. The highest BCUT2D eigenvalue weighted by Crippen LogP contribution is 2.66. The standard InChI is InChI=1S/C11H18N5O14P3/c1-12-11-14-8-5(9(19)15-11)13-3-16(8)10-7(18)6(17)4(28-10)2-27-32(23,24)30-33(25,26)29-31(20,21)22/h3-4,6-7,10,17-18H,2H2,1H3,(H,23,24)(H,25,26)(H2,20,21,22)(H2,12,14,15,19)/t4-,6-,7-,10-/m1/s1. The van der Waals surface area contributed by atoms with Crippen molar-refractivity contribution in [3.8, 4) is 0 Å². The number of H-pyrrole nitrogens is 1. The minimum absolute atomic E-state index is 0.0344. The average Bonchev–Trinajstić information content (AvgIpc) is 3.19. The maximum absolute atomic E-state index is 12.1. The molecule has 3 heterocycles. The predicted octanol–water partition coefficient (Wildman–Crippen LogP) is -1.88. The Hall–Kier alpha value is -1.56. The van der Waals surface area contributed by atoms with Crippen molar-refractivity contribution in [1.82, 2.24) is 19.5 Å². The number of phosphoric acid groups is 3. The lowest BCUT2D eigenvalue weighted by atomic mass is 10.1. The number of nitrogens with one attached hydrogen (secondary N) is 2. The molecule has 0 amide bonds. The summed E-state index contributed by atoms with van der Waals surface area (Å²) in [5.74, 6) is 0.0616. The molecule has 6 atom stereocenters. The fraction of sp³-hybridized carbons (Fsp3) is 0.545. The molecule has 0 saturated carbocycles. The first-order valence-electron chi connectivity index (χ1n) is 8.57. The summed E-state index contributed by atoms with van der Waals surface area (Å²) in [6, 6.07) is 0. The Morgan fingerprint density at radius 3 is 2.42 bits per heavy atom. The van der Waals surface area contributed by atoms with Crippen LogP contribution in [0.5, 0.6) is 0 Å². The second-order valence-electron chi connectivity index (χ2n) is 6.42. The summed E-state index contributed by atoms with van der Waals surface area (Å²) < 4.78 is 51.9. The van der Waals surface area contributed by atoms with Crippen molar-refractivity contribution in [3.63, 3.8) is 0 Å². The molecule has 2 unspecified atom stereocenters. The number of hydrogen-bond acceptors (Lipinski definition) is 13. The molecule has 22 heteroatoms. The van der Waals surface area contributed by atoms with Crippen LogP contribution in [0.2, 0.25) is 0 Å². The van der Waals surface area contributed by atoms with Gasteiger partial charge in [0.2, 0.25) is 5.95 Å². The van der Waals surface area contributed by atoms with Crippen molar-refractivity contribution in [2.45, 2.75) is 24.5 Å². The van der Waals surface area contributed by atoms with E-state index >= 15 is 0 Å². The summed E-state index contributed by atoms with van der Waals surface area (Å²) in [5.41, 5.74) is -0.760. The summed E-state index contributed by atoms with van der Waals surface area (Å²) in [4.78, 5) is 58.1. The first kappa shape index (κ1) is 26.1. The second kappa shape index (κ2) is 9.24. The minimum Gasteiger partial charge on any atom is -0.387 e. The van der Waals surface area contributed by atoms with Crippen LogP contribution < -0.4 is 10.9 Å². The van der Waals surface area contributed by atoms with Crippen molar-refractivity contribution in [2.75, 3.05) is 19.0 Å². The zero-order valence-corrected chi connectivity index (χ0v) is 18.9. The van der Waals surface area contributed by atoms with E-state index in [4.69, 9.17) is 19.4 Å². The van der Waals surface area contributed by atoms with E-state index in [9.17, 15) is 33.6 Å². The van der Waals surface area contributed by atoms with Crippen LogP contribution in [-0.4, -0.2) is 81.3 Å². The Kier molecular flexibility index (Phi) is 7.29. The van der Waals surface area contributed by atoms with E-state index in [1.54, 1.807) is 0 Å². The lowest BCUT2D eigenvalue weighted by Crippen LogP contribution is -2.33. The van der Waals surface area contributed by atoms with Gasteiger partial charge in [-0.3, -0.25) is 18.9 Å². The minimum atomic E-state index is -5.73. The van der Waals surface area contributed by atoms with Crippen LogP contribution in [0.15, 0.2) is 11.1 Å². The van der Waals surface area contributed by atoms with Gasteiger partial charge in [-0.1, -0.05) is 0 Å². The van der Waals surface area contributed by atoms with Gasteiger partial charge in [0.15, 0.2) is 17.4 Å². The number of aromatic amines is 1. The molecule has 0 radical (unpaired) electrons. The van der Waals surface area contributed by atoms with Gasteiger partial charge in [-0.25, -0.2) is 18.7 Å². The van der Waals surface area contributed by atoms with Gasteiger partial charge < -0.3 is 39.8 Å². The Morgan fingerprint density at radius 2 is 1.82 bits per heavy atom. The van der Waals surface area contributed by atoms with E-state index in [0.29, 0.717) is 0 Å². The van der Waals surface area contributed by atoms with Gasteiger partial charge in [0, 0.05) is 7.05 Å². The Balaban J connectivity index is 1.74. The molecule has 2 aromatic heterocycles. The average molecular weight is 537 g/mol. The summed E-state index contributed by atoms with van der Waals surface area (Å²) in [7, 11) is -15.3. The number of hydrogen-bond donors (Lipinski definition) is 8. The molecule has 1 saturated heterocycles. The highest BCUT2D eigenvalue weighted by Gasteiger charge is 2.47. The van der Waals surface area contributed by atoms with Crippen molar-refractivity contribution in [2.24, 2.45) is 0 Å². The number of nitrogens with zero attached hydrogens (tertiary/aromatic N) is 3. The van der Waals surface area contributed by atoms with Crippen LogP contribution in [0, 0.1) is 0 Å². The van der Waals surface area contributed by atoms with Crippen LogP contribution in [-0.2, 0) is 31.6 Å². The maximum atomic E-state index is 12.1. The molecule has 0 aromatic carbocycles. The van der Waals surface area contributed by atoms with Crippen LogP contribution in [0.4, 0.5) is 5.95 Å². The fourth-order valence-electron chi connectivity index (χ4n) is 2.80. The molecule has 19 nitrogen and oxygen atoms in total. The molecular formula is C11H18N5O14P3. The number of phosphoric ester groups is 1. The SMILES string of the molecule is CNc1nc2c(ncn2[C@@H]2O[C@H](COP(=O)(O)OP(=O)(O)OP(=O)(O)O)[C@@H](O)[C@H]2O)c(=O)[nH]1. The highest BCUT2D eigenvalue weighted by molar-refractivity contribution is 7.66. The zero-order valence-electron chi connectivity index (χ0n) is 16.2. The Labute approximate surface area is 182 Å². The van der Waals surface area contributed by atoms with E-state index in [1.807, 2.05) is 0 Å². The summed E-state index contributed by atoms with van der Waals surface area (Å²) >= 11 is 0.